The maximum Gasteiger partial charge on any atom is 2.00 e. The Balaban J connectivity index is 0. The Morgan fingerprint density at radius 1 is 0.604 bits per heavy atom. The zero-order valence-corrected chi connectivity index (χ0v) is 36.9. The van der Waals surface area contributed by atoms with E-state index in [4.69, 9.17) is 5.26 Å². The first kappa shape index (κ1) is 49.7. The van der Waals surface area contributed by atoms with E-state index < -0.39 is 0 Å². The van der Waals surface area contributed by atoms with E-state index in [0.29, 0.717) is 0 Å². The molecule has 0 saturated carbocycles. The smallest absolute Gasteiger partial charge is 0.687 e. The molecule has 0 bridgehead atoms. The van der Waals surface area contributed by atoms with Gasteiger partial charge in [0.25, 0.3) is 0 Å². The molecule has 5 nitrogen and oxygen atoms in total. The Morgan fingerprint density at radius 2 is 0.896 bits per heavy atom. The summed E-state index contributed by atoms with van der Waals surface area (Å²) in [5.74, 6) is 6.65. The molecular weight excluding hydrogens is 660 g/mol. The molecule has 0 aromatic carbocycles. The van der Waals surface area contributed by atoms with E-state index in [9.17, 15) is 0 Å². The minimum atomic E-state index is 0. The van der Waals surface area contributed by atoms with Gasteiger partial charge in [0, 0.05) is 0 Å². The van der Waals surface area contributed by atoms with Crippen molar-refractivity contribution in [3.63, 3.8) is 0 Å². The fraction of sp³-hybridized carbons (Fsp3) is 0.878. The molecule has 0 aromatic heterocycles. The van der Waals surface area contributed by atoms with Crippen LogP contribution in [0.1, 0.15) is 145 Å². The Bertz CT molecular complexity index is 704. The SMILES string of the molecule is CCC(CC)C1=CC[N-]C=C1.CCC(CC)C1CC[N-]CC1.CCC(CC)C1CC[N-]CC1.CCC(CC)C1CC[N-]CC1.N#CS.[Zn+2]. The molecule has 0 N–H and O–H groups in total. The van der Waals surface area contributed by atoms with Gasteiger partial charge in [-0.2, -0.15) is 11.5 Å². The van der Waals surface area contributed by atoms with Gasteiger partial charge in [-0.05, 0) is 54.3 Å². The summed E-state index contributed by atoms with van der Waals surface area (Å²) in [5.41, 5.74) is 1.48. The van der Waals surface area contributed by atoms with Crippen molar-refractivity contribution in [2.45, 2.75) is 145 Å². The normalized spacial score (nSPS) is 18.4. The van der Waals surface area contributed by atoms with Crippen LogP contribution in [0.25, 0.3) is 21.3 Å². The standard InChI is InChI=1S/3C10H20N.C10H16N.CHNS.Zn/c4*1-3-9(4-2)10-5-7-11-8-6-10;2-1-3;/h3*9-10H,3-8H2,1-2H3;5-7,9H,3-4,8H2,1-2H3;3H;/q4*-1;;+2. The molecule has 4 heterocycles. The number of nitrogens with zero attached hydrogens (tertiary/aromatic N) is 5. The van der Waals surface area contributed by atoms with Gasteiger partial charge in [0.2, 0.25) is 0 Å². The van der Waals surface area contributed by atoms with Gasteiger partial charge in [-0.15, -0.1) is 45.8 Å². The number of nitriles is 1. The molecule has 0 atom stereocenters. The fourth-order valence-corrected chi connectivity index (χ4v) is 8.08. The first-order chi connectivity index (χ1) is 22.9. The van der Waals surface area contributed by atoms with Crippen LogP contribution in [-0.2, 0) is 19.5 Å². The van der Waals surface area contributed by atoms with Crippen LogP contribution in [0.5, 0.6) is 0 Å². The average molecular weight is 738 g/mol. The van der Waals surface area contributed by atoms with Crippen molar-refractivity contribution in [3.8, 4) is 5.40 Å². The quantitative estimate of drug-likeness (QED) is 0.121. The van der Waals surface area contributed by atoms with Crippen molar-refractivity contribution in [2.75, 3.05) is 45.8 Å². The molecule has 0 amide bonds. The Morgan fingerprint density at radius 3 is 1.10 bits per heavy atom. The van der Waals surface area contributed by atoms with Crippen LogP contribution in [0.3, 0.4) is 0 Å². The second kappa shape index (κ2) is 35.0. The molecule has 3 fully saturated rings. The average Bonchev–Trinajstić information content (AvgIpc) is 3.14. The molecule has 4 aliphatic heterocycles. The van der Waals surface area contributed by atoms with Gasteiger partial charge in [0.1, 0.15) is 5.40 Å². The monoisotopic (exact) mass is 736 g/mol. The minimum Gasteiger partial charge on any atom is -0.687 e. The van der Waals surface area contributed by atoms with E-state index in [1.54, 1.807) is 0 Å². The van der Waals surface area contributed by atoms with E-state index >= 15 is 0 Å². The van der Waals surface area contributed by atoms with E-state index in [2.05, 4.69) is 101 Å². The van der Waals surface area contributed by atoms with Crippen LogP contribution in [0, 0.1) is 52.1 Å². The number of thiocyanates is 1. The zero-order valence-electron chi connectivity index (χ0n) is 33.0. The molecule has 0 spiro atoms. The molecular formula is C41H77N5SZn-2. The van der Waals surface area contributed by atoms with Crippen molar-refractivity contribution in [1.82, 2.24) is 0 Å². The van der Waals surface area contributed by atoms with Crippen molar-refractivity contribution >= 4 is 12.6 Å². The van der Waals surface area contributed by atoms with Gasteiger partial charge in [-0.25, -0.2) is 0 Å². The van der Waals surface area contributed by atoms with Crippen molar-refractivity contribution in [3.05, 3.63) is 45.2 Å². The maximum atomic E-state index is 7.18. The summed E-state index contributed by atoms with van der Waals surface area (Å²) in [5, 5.41) is 25.9. The largest absolute Gasteiger partial charge is 2.00 e. The number of hydrogen-bond acceptors (Lipinski definition) is 2. The van der Waals surface area contributed by atoms with E-state index in [-0.39, 0.29) is 19.5 Å². The molecule has 276 valence electrons. The Hall–Kier alpha value is -0.377. The Labute approximate surface area is 319 Å². The summed E-state index contributed by atoms with van der Waals surface area (Å²) < 4.78 is 0. The van der Waals surface area contributed by atoms with Gasteiger partial charge in [-0.1, -0.05) is 163 Å². The van der Waals surface area contributed by atoms with Gasteiger partial charge in [-0.3, -0.25) is 0 Å². The van der Waals surface area contributed by atoms with Crippen molar-refractivity contribution < 1.29 is 19.5 Å². The summed E-state index contributed by atoms with van der Waals surface area (Å²) in [7, 11) is 0. The molecule has 0 aromatic rings. The van der Waals surface area contributed by atoms with Crippen molar-refractivity contribution in [1.29, 1.82) is 5.26 Å². The second-order valence-electron chi connectivity index (χ2n) is 13.8. The second-order valence-corrected chi connectivity index (χ2v) is 14.0. The Kier molecular flexibility index (Phi) is 36.3. The number of rotatable bonds is 12. The number of hydrogen-bond donors (Lipinski definition) is 1. The van der Waals surface area contributed by atoms with Crippen LogP contribution in [0.4, 0.5) is 0 Å². The number of thiol groups is 1. The summed E-state index contributed by atoms with van der Waals surface area (Å²) in [6.07, 6.45) is 25.1. The summed E-state index contributed by atoms with van der Waals surface area (Å²) in [6, 6.07) is 0. The molecule has 0 unspecified atom stereocenters. The third kappa shape index (κ3) is 22.4. The maximum absolute atomic E-state index is 7.18. The van der Waals surface area contributed by atoms with E-state index in [0.717, 1.165) is 87.2 Å². The summed E-state index contributed by atoms with van der Waals surface area (Å²) in [4.78, 5) is 0. The molecule has 0 aliphatic carbocycles. The molecule has 4 aliphatic rings. The van der Waals surface area contributed by atoms with Crippen LogP contribution in [-0.4, -0.2) is 45.8 Å². The number of allylic oxidation sites excluding steroid dienone is 2. The van der Waals surface area contributed by atoms with E-state index in [1.165, 1.54) is 101 Å². The van der Waals surface area contributed by atoms with Crippen LogP contribution in [0.15, 0.2) is 23.9 Å². The summed E-state index contributed by atoms with van der Waals surface area (Å²) >= 11 is 3.09. The topological polar surface area (TPSA) is 80.2 Å². The number of piperidine rings is 3. The summed E-state index contributed by atoms with van der Waals surface area (Å²) in [6.45, 7) is 26.0. The first-order valence-corrected chi connectivity index (χ1v) is 20.3. The van der Waals surface area contributed by atoms with Gasteiger partial charge in [0.15, 0.2) is 0 Å². The van der Waals surface area contributed by atoms with Crippen LogP contribution < -0.4 is 0 Å². The molecule has 7 heteroatoms. The van der Waals surface area contributed by atoms with Crippen molar-refractivity contribution in [2.24, 2.45) is 41.4 Å². The predicted molar refractivity (Wildman–Crippen MR) is 214 cm³/mol. The van der Waals surface area contributed by atoms with Gasteiger partial charge >= 0.3 is 19.5 Å². The van der Waals surface area contributed by atoms with Gasteiger partial charge in [0.05, 0.1) is 0 Å². The molecule has 0 radical (unpaired) electrons. The zero-order chi connectivity index (χ0) is 35.1. The predicted octanol–water partition coefficient (Wildman–Crippen LogP) is 13.3. The first-order valence-electron chi connectivity index (χ1n) is 19.9. The molecule has 3 saturated heterocycles. The third-order valence-corrected chi connectivity index (χ3v) is 11.4. The van der Waals surface area contributed by atoms with Crippen LogP contribution in [0.2, 0.25) is 0 Å². The third-order valence-electron chi connectivity index (χ3n) is 11.4. The van der Waals surface area contributed by atoms with E-state index in [1.807, 2.05) is 6.20 Å². The minimum absolute atomic E-state index is 0. The van der Waals surface area contributed by atoms with Gasteiger partial charge < -0.3 is 21.3 Å². The molecule has 4 rings (SSSR count). The van der Waals surface area contributed by atoms with Crippen LogP contribution >= 0.6 is 12.6 Å². The fourth-order valence-electron chi connectivity index (χ4n) is 8.08. The molecule has 48 heavy (non-hydrogen) atoms.